The molecule has 1 saturated heterocycles. The third-order valence-electron chi connectivity index (χ3n) is 6.05. The molecule has 1 fully saturated rings. The largest absolute Gasteiger partial charge is 0.493 e. The number of hydrogen-bond acceptors (Lipinski definition) is 7. The van der Waals surface area contributed by atoms with Crippen LogP contribution in [0.1, 0.15) is 36.9 Å². The number of carboxylic acid groups (broad SMARTS) is 1. The van der Waals surface area contributed by atoms with E-state index in [0.29, 0.717) is 61.3 Å². The van der Waals surface area contributed by atoms with Gasteiger partial charge < -0.3 is 28.8 Å². The van der Waals surface area contributed by atoms with E-state index in [1.54, 1.807) is 28.4 Å². The Balaban J connectivity index is 2.11. The molecule has 1 heterocycles. The summed E-state index contributed by atoms with van der Waals surface area (Å²) in [6.45, 7) is 3.74. The molecule has 1 atom stereocenters. The minimum Gasteiger partial charge on any atom is -0.493 e. The summed E-state index contributed by atoms with van der Waals surface area (Å²) < 4.78 is 28.0. The van der Waals surface area contributed by atoms with E-state index in [9.17, 15) is 9.90 Å². The van der Waals surface area contributed by atoms with E-state index < -0.39 is 5.97 Å². The van der Waals surface area contributed by atoms with Gasteiger partial charge >= 0.3 is 5.97 Å². The third kappa shape index (κ3) is 5.27. The quantitative estimate of drug-likeness (QED) is 0.570. The van der Waals surface area contributed by atoms with E-state index in [1.165, 1.54) is 0 Å². The summed E-state index contributed by atoms with van der Waals surface area (Å²) in [4.78, 5) is 13.8. The monoisotopic (exact) mass is 459 g/mol. The fourth-order valence-electron chi connectivity index (χ4n) is 4.41. The minimum atomic E-state index is -0.734. The van der Waals surface area contributed by atoms with Crippen LogP contribution in [0, 0.1) is 5.92 Å². The number of likely N-dealkylation sites (tertiary alicyclic amines) is 1. The Bertz CT molecular complexity index is 929. The normalized spacial score (nSPS) is 15.5. The van der Waals surface area contributed by atoms with Gasteiger partial charge in [-0.3, -0.25) is 9.69 Å². The van der Waals surface area contributed by atoms with Crippen molar-refractivity contribution in [2.24, 2.45) is 5.92 Å². The minimum absolute atomic E-state index is 0.168. The molecule has 0 aliphatic carbocycles. The van der Waals surface area contributed by atoms with Gasteiger partial charge in [-0.2, -0.15) is 0 Å². The first-order valence-electron chi connectivity index (χ1n) is 11.0. The smallest absolute Gasteiger partial charge is 0.306 e. The molecular weight excluding hydrogens is 426 g/mol. The lowest BCUT2D eigenvalue weighted by atomic mass is 9.91. The molecule has 180 valence electrons. The van der Waals surface area contributed by atoms with Crippen LogP contribution in [0.3, 0.4) is 0 Å². The Labute approximate surface area is 195 Å². The molecule has 0 spiro atoms. The molecule has 1 unspecified atom stereocenters. The lowest BCUT2D eigenvalue weighted by Gasteiger charge is -2.37. The molecule has 0 amide bonds. The summed E-state index contributed by atoms with van der Waals surface area (Å²) in [5.41, 5.74) is 1.95. The number of methoxy groups -OCH3 is 4. The lowest BCUT2D eigenvalue weighted by molar-refractivity contribution is -0.143. The van der Waals surface area contributed by atoms with Crippen LogP contribution in [0.15, 0.2) is 30.3 Å². The van der Waals surface area contributed by atoms with Crippen molar-refractivity contribution in [3.8, 4) is 28.7 Å². The number of carbonyl (C=O) groups is 1. The second-order valence-electron chi connectivity index (χ2n) is 7.85. The van der Waals surface area contributed by atoms with Crippen LogP contribution >= 0.6 is 0 Å². The van der Waals surface area contributed by atoms with Crippen molar-refractivity contribution in [1.82, 2.24) is 4.90 Å². The van der Waals surface area contributed by atoms with Gasteiger partial charge in [-0.1, -0.05) is 6.07 Å². The van der Waals surface area contributed by atoms with Crippen LogP contribution in [-0.4, -0.2) is 64.1 Å². The molecule has 0 radical (unpaired) electrons. The van der Waals surface area contributed by atoms with Gasteiger partial charge in [0.05, 0.1) is 47.0 Å². The molecule has 3 rings (SSSR count). The zero-order chi connectivity index (χ0) is 24.0. The van der Waals surface area contributed by atoms with E-state index in [2.05, 4.69) is 4.90 Å². The molecular formula is C25H33NO7. The highest BCUT2D eigenvalue weighted by atomic mass is 16.5. The fraction of sp³-hybridized carbons (Fsp3) is 0.480. The van der Waals surface area contributed by atoms with Crippen molar-refractivity contribution in [2.75, 3.05) is 48.1 Å². The van der Waals surface area contributed by atoms with Crippen LogP contribution in [0.5, 0.6) is 28.7 Å². The van der Waals surface area contributed by atoms with Crippen molar-refractivity contribution in [3.63, 3.8) is 0 Å². The van der Waals surface area contributed by atoms with Crippen LogP contribution in [0.2, 0.25) is 0 Å². The fourth-order valence-corrected chi connectivity index (χ4v) is 4.41. The number of carboxylic acids is 1. The lowest BCUT2D eigenvalue weighted by Crippen LogP contribution is -2.39. The zero-order valence-corrected chi connectivity index (χ0v) is 19.9. The Hall–Kier alpha value is -3.13. The van der Waals surface area contributed by atoms with Gasteiger partial charge in [-0.15, -0.1) is 0 Å². The molecule has 1 aliphatic rings. The topological polar surface area (TPSA) is 86.7 Å². The average molecular weight is 460 g/mol. The highest BCUT2D eigenvalue weighted by Gasteiger charge is 2.32. The van der Waals surface area contributed by atoms with Crippen molar-refractivity contribution in [3.05, 3.63) is 41.5 Å². The van der Waals surface area contributed by atoms with E-state index >= 15 is 0 Å². The highest BCUT2D eigenvalue weighted by molar-refractivity contribution is 5.70. The molecule has 0 aromatic heterocycles. The third-order valence-corrected chi connectivity index (χ3v) is 6.05. The van der Waals surface area contributed by atoms with Crippen molar-refractivity contribution >= 4 is 5.97 Å². The average Bonchev–Trinajstić information content (AvgIpc) is 2.84. The molecule has 2 aromatic carbocycles. The van der Waals surface area contributed by atoms with Crippen molar-refractivity contribution in [1.29, 1.82) is 0 Å². The summed E-state index contributed by atoms with van der Waals surface area (Å²) in [5, 5.41) is 9.45. The second-order valence-corrected chi connectivity index (χ2v) is 7.85. The standard InChI is InChI=1S/C25H33NO7/c1-6-33-20-13-17(7-8-19(20)29-2)23(26-11-9-16(10-12-26)25(27)28)18-14-21(30-3)24(32-5)22(15-18)31-4/h7-8,13-16,23H,6,9-12H2,1-5H3,(H,27,28). The SMILES string of the molecule is CCOc1cc(C(c2cc(OC)c(OC)c(OC)c2)N2CCC(C(=O)O)CC2)ccc1OC. The maximum Gasteiger partial charge on any atom is 0.306 e. The summed E-state index contributed by atoms with van der Waals surface area (Å²) in [6, 6.07) is 9.62. The Kier molecular flexibility index (Phi) is 8.27. The Morgan fingerprint density at radius 1 is 0.909 bits per heavy atom. The molecule has 0 bridgehead atoms. The number of rotatable bonds is 10. The van der Waals surface area contributed by atoms with Crippen LogP contribution in [0.4, 0.5) is 0 Å². The van der Waals surface area contributed by atoms with E-state index in [1.807, 2.05) is 37.3 Å². The molecule has 0 saturated carbocycles. The van der Waals surface area contributed by atoms with Gasteiger partial charge in [-0.05, 0) is 68.2 Å². The maximum atomic E-state index is 11.5. The van der Waals surface area contributed by atoms with Gasteiger partial charge in [0.1, 0.15) is 0 Å². The van der Waals surface area contributed by atoms with Gasteiger partial charge in [-0.25, -0.2) is 0 Å². The molecule has 33 heavy (non-hydrogen) atoms. The maximum absolute atomic E-state index is 11.5. The summed E-state index contributed by atoms with van der Waals surface area (Å²) in [5.74, 6) is 1.92. The number of benzene rings is 2. The number of aliphatic carboxylic acids is 1. The number of ether oxygens (including phenoxy) is 5. The van der Waals surface area contributed by atoms with E-state index in [-0.39, 0.29) is 12.0 Å². The van der Waals surface area contributed by atoms with Crippen molar-refractivity contribution in [2.45, 2.75) is 25.8 Å². The van der Waals surface area contributed by atoms with Crippen LogP contribution in [0.25, 0.3) is 0 Å². The second kappa shape index (κ2) is 11.1. The molecule has 8 heteroatoms. The Morgan fingerprint density at radius 3 is 1.97 bits per heavy atom. The molecule has 2 aromatic rings. The van der Waals surface area contributed by atoms with Crippen LogP contribution < -0.4 is 23.7 Å². The first kappa shape index (κ1) is 24.5. The summed E-state index contributed by atoms with van der Waals surface area (Å²) in [6.07, 6.45) is 1.18. The van der Waals surface area contributed by atoms with E-state index in [4.69, 9.17) is 23.7 Å². The number of nitrogens with zero attached hydrogens (tertiary/aromatic N) is 1. The first-order chi connectivity index (χ1) is 16.0. The van der Waals surface area contributed by atoms with Gasteiger partial charge in [0.25, 0.3) is 0 Å². The first-order valence-corrected chi connectivity index (χ1v) is 11.0. The number of hydrogen-bond donors (Lipinski definition) is 1. The molecule has 8 nitrogen and oxygen atoms in total. The Morgan fingerprint density at radius 2 is 1.48 bits per heavy atom. The van der Waals surface area contributed by atoms with E-state index in [0.717, 1.165) is 11.1 Å². The van der Waals surface area contributed by atoms with Gasteiger partial charge in [0.15, 0.2) is 23.0 Å². The zero-order valence-electron chi connectivity index (χ0n) is 19.9. The highest BCUT2D eigenvalue weighted by Crippen LogP contribution is 2.44. The van der Waals surface area contributed by atoms with Gasteiger partial charge in [0, 0.05) is 0 Å². The van der Waals surface area contributed by atoms with Crippen LogP contribution in [-0.2, 0) is 4.79 Å². The molecule has 1 aliphatic heterocycles. The predicted octanol–water partition coefficient (Wildman–Crippen LogP) is 4.01. The van der Waals surface area contributed by atoms with Gasteiger partial charge in [0.2, 0.25) is 5.75 Å². The number of piperidine rings is 1. The molecule has 1 N–H and O–H groups in total. The summed E-state index contributed by atoms with van der Waals surface area (Å²) >= 11 is 0. The summed E-state index contributed by atoms with van der Waals surface area (Å²) in [7, 11) is 6.38. The predicted molar refractivity (Wildman–Crippen MR) is 124 cm³/mol. The van der Waals surface area contributed by atoms with Crippen molar-refractivity contribution < 1.29 is 33.6 Å².